The molecule has 0 fully saturated rings. The van der Waals surface area contributed by atoms with E-state index in [9.17, 15) is 9.59 Å². The number of hydrogen-bond donors (Lipinski definition) is 0. The molecule has 1 atom stereocenters. The Morgan fingerprint density at radius 3 is 1.86 bits per heavy atom. The van der Waals surface area contributed by atoms with E-state index in [4.69, 9.17) is 23.7 Å². The van der Waals surface area contributed by atoms with Crippen molar-refractivity contribution < 1.29 is 33.3 Å². The number of ether oxygens (including phenoxy) is 5. The average Bonchev–Trinajstić information content (AvgIpc) is 2.73. The molecule has 150 valence electrons. The normalized spacial score (nSPS) is 11.3. The van der Waals surface area contributed by atoms with Crippen molar-refractivity contribution in [3.05, 3.63) is 47.5 Å². The summed E-state index contributed by atoms with van der Waals surface area (Å²) >= 11 is 0. The van der Waals surface area contributed by atoms with Crippen LogP contribution in [-0.4, -0.2) is 46.8 Å². The van der Waals surface area contributed by atoms with E-state index in [-0.39, 0.29) is 6.61 Å². The Balaban J connectivity index is 2.52. The number of ketones is 1. The van der Waals surface area contributed by atoms with Gasteiger partial charge in [-0.3, -0.25) is 9.59 Å². The highest BCUT2D eigenvalue weighted by Gasteiger charge is 2.32. The van der Waals surface area contributed by atoms with Crippen LogP contribution >= 0.6 is 0 Å². The lowest BCUT2D eigenvalue weighted by Crippen LogP contribution is -2.24. The third kappa shape index (κ3) is 4.36. The van der Waals surface area contributed by atoms with E-state index in [2.05, 4.69) is 0 Å². The quantitative estimate of drug-likeness (QED) is 0.371. The van der Waals surface area contributed by atoms with Crippen LogP contribution in [0.4, 0.5) is 0 Å². The van der Waals surface area contributed by atoms with Crippen LogP contribution < -0.4 is 18.9 Å². The lowest BCUT2D eigenvalue weighted by atomic mass is 9.90. The van der Waals surface area contributed by atoms with Crippen molar-refractivity contribution >= 4 is 11.8 Å². The first kappa shape index (κ1) is 21.1. The Morgan fingerprint density at radius 1 is 0.786 bits per heavy atom. The smallest absolute Gasteiger partial charge is 0.321 e. The number of hydrogen-bond acceptors (Lipinski definition) is 7. The van der Waals surface area contributed by atoms with Crippen molar-refractivity contribution in [2.75, 3.05) is 35.0 Å². The van der Waals surface area contributed by atoms with E-state index in [1.54, 1.807) is 37.3 Å². The van der Waals surface area contributed by atoms with Gasteiger partial charge in [0.2, 0.25) is 0 Å². The average molecular weight is 388 g/mol. The van der Waals surface area contributed by atoms with Crippen LogP contribution in [-0.2, 0) is 9.53 Å². The van der Waals surface area contributed by atoms with E-state index in [1.807, 2.05) is 0 Å². The maximum absolute atomic E-state index is 13.2. The highest BCUT2D eigenvalue weighted by molar-refractivity contribution is 6.13. The SMILES string of the molecule is CCOC(=O)C(C(=O)c1ccc(OC)c(OC)c1)c1ccc(OC)c(OC)c1. The fraction of sp³-hybridized carbons (Fsp3) is 0.333. The molecule has 2 aromatic carbocycles. The van der Waals surface area contributed by atoms with E-state index < -0.39 is 17.7 Å². The molecule has 0 radical (unpaired) electrons. The standard InChI is InChI=1S/C21H24O7/c1-6-28-21(23)19(13-7-9-15(24-2)17(11-13)26-4)20(22)14-8-10-16(25-3)18(12-14)27-5/h7-12,19H,6H2,1-5H3. The van der Waals surface area contributed by atoms with Crippen LogP contribution in [0.3, 0.4) is 0 Å². The second-order valence-corrected chi connectivity index (χ2v) is 5.73. The van der Waals surface area contributed by atoms with Gasteiger partial charge < -0.3 is 23.7 Å². The second-order valence-electron chi connectivity index (χ2n) is 5.73. The molecule has 0 aliphatic rings. The Hall–Kier alpha value is -3.22. The minimum absolute atomic E-state index is 0.155. The zero-order chi connectivity index (χ0) is 20.7. The number of benzene rings is 2. The summed E-state index contributed by atoms with van der Waals surface area (Å²) in [4.78, 5) is 25.8. The Kier molecular flexibility index (Phi) is 7.26. The predicted octanol–water partition coefficient (Wildman–Crippen LogP) is 3.25. The molecule has 7 nitrogen and oxygen atoms in total. The summed E-state index contributed by atoms with van der Waals surface area (Å²) in [5.41, 5.74) is 0.737. The molecule has 0 aromatic heterocycles. The number of esters is 1. The largest absolute Gasteiger partial charge is 0.493 e. The first-order chi connectivity index (χ1) is 13.5. The molecule has 0 spiro atoms. The molecule has 0 aliphatic heterocycles. The molecule has 0 heterocycles. The van der Waals surface area contributed by atoms with Crippen molar-refractivity contribution in [2.45, 2.75) is 12.8 Å². The van der Waals surface area contributed by atoms with Crippen LogP contribution in [0, 0.1) is 0 Å². The minimum atomic E-state index is -1.15. The lowest BCUT2D eigenvalue weighted by molar-refractivity contribution is -0.143. The zero-order valence-corrected chi connectivity index (χ0v) is 16.6. The monoisotopic (exact) mass is 388 g/mol. The molecule has 2 rings (SSSR count). The highest BCUT2D eigenvalue weighted by Crippen LogP contribution is 2.34. The summed E-state index contributed by atoms with van der Waals surface area (Å²) in [6.45, 7) is 1.84. The van der Waals surface area contributed by atoms with Crippen LogP contribution in [0.25, 0.3) is 0 Å². The maximum Gasteiger partial charge on any atom is 0.321 e. The van der Waals surface area contributed by atoms with Gasteiger partial charge in [0.15, 0.2) is 28.8 Å². The number of rotatable bonds is 9. The van der Waals surface area contributed by atoms with E-state index in [0.29, 0.717) is 34.1 Å². The summed E-state index contributed by atoms with van der Waals surface area (Å²) in [6.07, 6.45) is 0. The molecule has 0 saturated carbocycles. The van der Waals surface area contributed by atoms with Crippen molar-refractivity contribution in [1.29, 1.82) is 0 Å². The fourth-order valence-corrected chi connectivity index (χ4v) is 2.81. The van der Waals surface area contributed by atoms with Gasteiger partial charge in [-0.25, -0.2) is 0 Å². The molecule has 2 aromatic rings. The van der Waals surface area contributed by atoms with Crippen LogP contribution in [0.15, 0.2) is 36.4 Å². The molecular formula is C21H24O7. The van der Waals surface area contributed by atoms with Crippen LogP contribution in [0.1, 0.15) is 28.8 Å². The molecule has 1 unspecified atom stereocenters. The Morgan fingerprint density at radius 2 is 1.32 bits per heavy atom. The van der Waals surface area contributed by atoms with Gasteiger partial charge in [0, 0.05) is 5.56 Å². The van der Waals surface area contributed by atoms with Crippen LogP contribution in [0.5, 0.6) is 23.0 Å². The van der Waals surface area contributed by atoms with E-state index >= 15 is 0 Å². The predicted molar refractivity (Wildman–Crippen MR) is 103 cm³/mol. The van der Waals surface area contributed by atoms with Crippen molar-refractivity contribution in [1.82, 2.24) is 0 Å². The third-order valence-electron chi connectivity index (χ3n) is 4.19. The first-order valence-corrected chi connectivity index (χ1v) is 8.65. The van der Waals surface area contributed by atoms with Gasteiger partial charge in [-0.05, 0) is 42.8 Å². The first-order valence-electron chi connectivity index (χ1n) is 8.65. The zero-order valence-electron chi connectivity index (χ0n) is 16.6. The maximum atomic E-state index is 13.2. The van der Waals surface area contributed by atoms with Gasteiger partial charge >= 0.3 is 5.97 Å². The van der Waals surface area contributed by atoms with Crippen molar-refractivity contribution in [3.63, 3.8) is 0 Å². The van der Waals surface area contributed by atoms with Crippen molar-refractivity contribution in [2.24, 2.45) is 0 Å². The number of methoxy groups -OCH3 is 4. The molecule has 0 saturated heterocycles. The number of carbonyl (C=O) groups is 2. The van der Waals surface area contributed by atoms with Gasteiger partial charge in [-0.2, -0.15) is 0 Å². The summed E-state index contributed by atoms with van der Waals surface area (Å²) in [5.74, 6) is -0.443. The fourth-order valence-electron chi connectivity index (χ4n) is 2.81. The van der Waals surface area contributed by atoms with Gasteiger partial charge in [-0.1, -0.05) is 6.07 Å². The third-order valence-corrected chi connectivity index (χ3v) is 4.19. The summed E-state index contributed by atoms with van der Waals surface area (Å²) in [6, 6.07) is 9.61. The van der Waals surface area contributed by atoms with E-state index in [1.165, 1.54) is 34.5 Å². The van der Waals surface area contributed by atoms with Gasteiger partial charge in [-0.15, -0.1) is 0 Å². The highest BCUT2D eigenvalue weighted by atomic mass is 16.5. The molecule has 7 heteroatoms. The molecular weight excluding hydrogens is 364 g/mol. The lowest BCUT2D eigenvalue weighted by Gasteiger charge is -2.18. The van der Waals surface area contributed by atoms with Gasteiger partial charge in [0.25, 0.3) is 0 Å². The molecule has 28 heavy (non-hydrogen) atoms. The van der Waals surface area contributed by atoms with Gasteiger partial charge in [0.1, 0.15) is 5.92 Å². The summed E-state index contributed by atoms with van der Waals surface area (Å²) in [5, 5.41) is 0. The summed E-state index contributed by atoms with van der Waals surface area (Å²) < 4.78 is 26.1. The van der Waals surface area contributed by atoms with E-state index in [0.717, 1.165) is 0 Å². The Labute approximate surface area is 164 Å². The second kappa shape index (κ2) is 9.64. The molecule has 0 N–H and O–H groups in total. The van der Waals surface area contributed by atoms with Crippen molar-refractivity contribution in [3.8, 4) is 23.0 Å². The number of carbonyl (C=O) groups excluding carboxylic acids is 2. The van der Waals surface area contributed by atoms with Crippen LogP contribution in [0.2, 0.25) is 0 Å². The molecule has 0 amide bonds. The topological polar surface area (TPSA) is 80.3 Å². The number of Topliss-reactive ketones (excluding diaryl/α,β-unsaturated/α-hetero) is 1. The molecule has 0 aliphatic carbocycles. The minimum Gasteiger partial charge on any atom is -0.493 e. The Bertz CT molecular complexity index is 845. The molecule has 0 bridgehead atoms. The van der Waals surface area contributed by atoms with Gasteiger partial charge in [0.05, 0.1) is 35.0 Å². The summed E-state index contributed by atoms with van der Waals surface area (Å²) in [7, 11) is 5.97.